The summed E-state index contributed by atoms with van der Waals surface area (Å²) in [6.45, 7) is 9.25. The summed E-state index contributed by atoms with van der Waals surface area (Å²) in [5.41, 5.74) is -3.17. The van der Waals surface area contributed by atoms with Gasteiger partial charge in [0, 0.05) is 26.2 Å². The lowest BCUT2D eigenvalue weighted by molar-refractivity contribution is -0.137. The Morgan fingerprint density at radius 3 is 2.45 bits per heavy atom. The highest BCUT2D eigenvalue weighted by Crippen LogP contribution is 2.42. The van der Waals surface area contributed by atoms with E-state index in [-0.39, 0.29) is 36.9 Å². The van der Waals surface area contributed by atoms with E-state index in [2.05, 4.69) is 5.32 Å². The van der Waals surface area contributed by atoms with Crippen LogP contribution >= 0.6 is 0 Å². The molecule has 1 aliphatic heterocycles. The highest BCUT2D eigenvalue weighted by Gasteiger charge is 2.51. The Morgan fingerprint density at radius 2 is 1.89 bits per heavy atom. The molecule has 1 heterocycles. The molecule has 1 aliphatic carbocycles. The lowest BCUT2D eigenvalue weighted by Gasteiger charge is -2.45. The van der Waals surface area contributed by atoms with Crippen molar-refractivity contribution in [1.29, 1.82) is 0 Å². The molecule has 2 fully saturated rings. The first-order chi connectivity index (χ1) is 17.5. The number of aldehydes is 1. The Labute approximate surface area is 222 Å². The molecule has 1 saturated heterocycles. The second-order valence-electron chi connectivity index (χ2n) is 11.4. The Balaban J connectivity index is 1.85. The quantitative estimate of drug-likeness (QED) is 0.371. The molecule has 5 atom stereocenters. The molecule has 0 spiro atoms. The molecule has 214 valence electrons. The van der Waals surface area contributed by atoms with E-state index in [0.717, 1.165) is 12.1 Å². The number of rotatable bonds is 8. The van der Waals surface area contributed by atoms with E-state index in [1.165, 1.54) is 22.3 Å². The van der Waals surface area contributed by atoms with Gasteiger partial charge in [-0.15, -0.1) is 0 Å². The van der Waals surface area contributed by atoms with E-state index >= 15 is 0 Å². The maximum absolute atomic E-state index is 13.3. The number of sulfonamides is 1. The van der Waals surface area contributed by atoms with E-state index in [0.29, 0.717) is 31.6 Å². The van der Waals surface area contributed by atoms with Crippen LogP contribution in [-0.4, -0.2) is 67.4 Å². The third-order valence-electron chi connectivity index (χ3n) is 7.80. The van der Waals surface area contributed by atoms with Crippen molar-refractivity contribution in [2.75, 3.05) is 20.1 Å². The molecule has 2 aliphatic rings. The van der Waals surface area contributed by atoms with E-state index in [4.69, 9.17) is 4.74 Å². The number of hydrogen-bond donors (Lipinski definition) is 1. The van der Waals surface area contributed by atoms with Crippen LogP contribution in [0, 0.1) is 17.8 Å². The Kier molecular flexibility index (Phi) is 8.60. The third kappa shape index (κ3) is 6.02. The molecule has 1 aromatic carbocycles. The number of carbonyl (C=O) groups is 2. The Hall–Kier alpha value is -2.18. The number of ether oxygens (including phenoxy) is 1. The van der Waals surface area contributed by atoms with Crippen LogP contribution < -0.4 is 5.32 Å². The minimum atomic E-state index is -4.66. The average molecular weight is 562 g/mol. The fraction of sp³-hybridized carbons (Fsp3) is 0.692. The van der Waals surface area contributed by atoms with Crippen LogP contribution in [0.4, 0.5) is 18.0 Å². The number of nitrogens with one attached hydrogen (secondary N) is 1. The summed E-state index contributed by atoms with van der Waals surface area (Å²) in [5.74, 6) is -0.491. The molecule has 8 nitrogen and oxygen atoms in total. The zero-order chi connectivity index (χ0) is 28.7. The maximum Gasteiger partial charge on any atom is 0.416 e. The van der Waals surface area contributed by atoms with Gasteiger partial charge in [0.15, 0.2) is 11.9 Å². The summed E-state index contributed by atoms with van der Waals surface area (Å²) in [6.07, 6.45) is -2.67. The van der Waals surface area contributed by atoms with Crippen LogP contribution in [0.15, 0.2) is 29.2 Å². The zero-order valence-electron chi connectivity index (χ0n) is 22.7. The molecule has 1 N–H and O–H groups in total. The Bertz CT molecular complexity index is 1140. The van der Waals surface area contributed by atoms with Crippen molar-refractivity contribution in [3.63, 3.8) is 0 Å². The molecule has 12 heteroatoms. The largest absolute Gasteiger partial charge is 0.444 e. The minimum absolute atomic E-state index is 0.0267. The topological polar surface area (TPSA) is 96.0 Å². The maximum atomic E-state index is 13.3. The summed E-state index contributed by atoms with van der Waals surface area (Å²) in [7, 11) is -2.65. The molecule has 0 aromatic heterocycles. The lowest BCUT2D eigenvalue weighted by Crippen LogP contribution is -2.67. The molecular weight excluding hydrogens is 523 g/mol. The molecule has 3 rings (SSSR count). The van der Waals surface area contributed by atoms with Gasteiger partial charge in [0.25, 0.3) is 0 Å². The van der Waals surface area contributed by atoms with Crippen LogP contribution in [0.3, 0.4) is 0 Å². The number of alkyl halides is 3. The first-order valence-corrected chi connectivity index (χ1v) is 14.3. The minimum Gasteiger partial charge on any atom is -0.444 e. The van der Waals surface area contributed by atoms with Crippen molar-refractivity contribution >= 4 is 22.4 Å². The third-order valence-corrected chi connectivity index (χ3v) is 9.63. The van der Waals surface area contributed by atoms with E-state index in [1.54, 1.807) is 20.8 Å². The van der Waals surface area contributed by atoms with Gasteiger partial charge in [-0.2, -0.15) is 17.5 Å². The molecule has 1 aromatic rings. The van der Waals surface area contributed by atoms with Crippen LogP contribution in [0.25, 0.3) is 0 Å². The van der Waals surface area contributed by atoms with Gasteiger partial charge in [0.2, 0.25) is 10.0 Å². The van der Waals surface area contributed by atoms with Gasteiger partial charge >= 0.3 is 12.3 Å². The van der Waals surface area contributed by atoms with E-state index in [1.807, 2.05) is 13.8 Å². The molecular formula is C26H38F3N3O5S. The summed E-state index contributed by atoms with van der Waals surface area (Å²) in [5, 5.41) is 3.40. The van der Waals surface area contributed by atoms with Gasteiger partial charge in [0.05, 0.1) is 10.5 Å². The van der Waals surface area contributed by atoms with Crippen LogP contribution in [0.2, 0.25) is 0 Å². The monoisotopic (exact) mass is 561 g/mol. The standard InChI is InChI=1S/C26H38F3N3O5S/c1-7-17(2)25(16-33,31(6)23(34)37-24(3,4)5)30-22-12-11-18-14-32(15-21(18)22)38(35,36)20-10-8-9-19(13-20)26(27,28)29/h8-10,13,16-18,21-22,30H,7,11-12,14-15H2,1-6H3/t17-,18-,21+,22+,25+/m0/s1. The van der Waals surface area contributed by atoms with Gasteiger partial charge in [0.1, 0.15) is 5.60 Å². The zero-order valence-corrected chi connectivity index (χ0v) is 23.5. The number of nitrogens with zero attached hydrogens (tertiary/aromatic N) is 2. The average Bonchev–Trinajstić information content (AvgIpc) is 3.42. The van der Waals surface area contributed by atoms with Crippen molar-refractivity contribution in [3.8, 4) is 0 Å². The first kappa shape index (κ1) is 30.4. The van der Waals surface area contributed by atoms with Crippen LogP contribution in [-0.2, 0) is 25.7 Å². The van der Waals surface area contributed by atoms with Gasteiger partial charge < -0.3 is 4.74 Å². The second kappa shape index (κ2) is 10.8. The SMILES string of the molecule is CC[C@H](C)[C@](C=O)(N[C@@H]1CC[C@H]2CN(S(=O)(=O)c3cccc(C(F)(F)F)c3)C[C@H]21)N(C)C(=O)OC(C)(C)C. The van der Waals surface area contributed by atoms with Crippen molar-refractivity contribution in [1.82, 2.24) is 14.5 Å². The van der Waals surface area contributed by atoms with Gasteiger partial charge in [-0.3, -0.25) is 15.0 Å². The highest BCUT2D eigenvalue weighted by atomic mass is 32.2. The summed E-state index contributed by atoms with van der Waals surface area (Å²) in [4.78, 5) is 26.5. The number of hydrogen-bond acceptors (Lipinski definition) is 6. The predicted octanol–water partition coefficient (Wildman–Crippen LogP) is 4.50. The van der Waals surface area contributed by atoms with E-state index < -0.39 is 44.0 Å². The fourth-order valence-electron chi connectivity index (χ4n) is 5.47. The Morgan fingerprint density at radius 1 is 1.24 bits per heavy atom. The fourth-order valence-corrected chi connectivity index (χ4v) is 7.05. The van der Waals surface area contributed by atoms with Gasteiger partial charge in [-0.05, 0) is 76.0 Å². The van der Waals surface area contributed by atoms with Gasteiger partial charge in [-0.1, -0.05) is 19.9 Å². The number of amides is 1. The van der Waals surface area contributed by atoms with Crippen molar-refractivity contribution in [2.24, 2.45) is 17.8 Å². The lowest BCUT2D eigenvalue weighted by atomic mass is 9.88. The number of benzene rings is 1. The van der Waals surface area contributed by atoms with Gasteiger partial charge in [-0.25, -0.2) is 13.2 Å². The van der Waals surface area contributed by atoms with Crippen LogP contribution in [0.5, 0.6) is 0 Å². The smallest absolute Gasteiger partial charge is 0.416 e. The molecule has 38 heavy (non-hydrogen) atoms. The number of fused-ring (bicyclic) bond motifs is 1. The summed E-state index contributed by atoms with van der Waals surface area (Å²) < 4.78 is 72.9. The van der Waals surface area contributed by atoms with Crippen molar-refractivity contribution in [2.45, 2.75) is 82.3 Å². The molecule has 1 amide bonds. The highest BCUT2D eigenvalue weighted by molar-refractivity contribution is 7.89. The normalized spacial score (nSPS) is 24.9. The number of likely N-dealkylation sites (N-methyl/N-ethyl adjacent to an activating group) is 1. The molecule has 0 unspecified atom stereocenters. The van der Waals surface area contributed by atoms with Crippen molar-refractivity contribution < 1.29 is 35.9 Å². The summed E-state index contributed by atoms with van der Waals surface area (Å²) in [6, 6.07) is 3.48. The van der Waals surface area contributed by atoms with Crippen LogP contribution in [0.1, 0.15) is 59.4 Å². The number of halogens is 3. The summed E-state index contributed by atoms with van der Waals surface area (Å²) >= 11 is 0. The second-order valence-corrected chi connectivity index (χ2v) is 13.3. The predicted molar refractivity (Wildman–Crippen MR) is 136 cm³/mol. The van der Waals surface area contributed by atoms with E-state index in [9.17, 15) is 31.2 Å². The first-order valence-electron chi connectivity index (χ1n) is 12.8. The number of carbonyl (C=O) groups excluding carboxylic acids is 2. The molecule has 0 bridgehead atoms. The molecule has 0 radical (unpaired) electrons. The van der Waals surface area contributed by atoms with Crippen molar-refractivity contribution in [3.05, 3.63) is 29.8 Å². The molecule has 1 saturated carbocycles.